The first kappa shape index (κ1) is 18.2. The third kappa shape index (κ3) is 4.14. The highest BCUT2D eigenvalue weighted by atomic mass is 79.9. The van der Waals surface area contributed by atoms with Crippen molar-refractivity contribution < 1.29 is 4.79 Å². The number of aryl methyl sites for hydroxylation is 2. The lowest BCUT2D eigenvalue weighted by molar-refractivity contribution is 0.0949. The van der Waals surface area contributed by atoms with Gasteiger partial charge in [0.15, 0.2) is 0 Å². The third-order valence-electron chi connectivity index (χ3n) is 3.84. The van der Waals surface area contributed by atoms with Crippen molar-refractivity contribution in [2.75, 3.05) is 6.54 Å². The fraction of sp³-hybridized carbons (Fsp3) is 0.222. The molecule has 0 spiro atoms. The maximum atomic E-state index is 12.6. The number of hydrogen-bond acceptors (Lipinski definition) is 3. The lowest BCUT2D eigenvalue weighted by atomic mass is 10.2. The number of amides is 1. The first-order valence-electron chi connectivity index (χ1n) is 7.75. The van der Waals surface area contributed by atoms with E-state index >= 15 is 0 Å². The van der Waals surface area contributed by atoms with Crippen LogP contribution in [0.1, 0.15) is 32.7 Å². The van der Waals surface area contributed by atoms with E-state index in [9.17, 15) is 4.79 Å². The number of carbonyl (C=O) groups is 1. The van der Waals surface area contributed by atoms with Crippen LogP contribution in [0.25, 0.3) is 0 Å². The van der Waals surface area contributed by atoms with Crippen LogP contribution < -0.4 is 5.32 Å². The van der Waals surface area contributed by atoms with E-state index in [1.54, 1.807) is 23.5 Å². The highest BCUT2D eigenvalue weighted by molar-refractivity contribution is 9.10. The highest BCUT2D eigenvalue weighted by Crippen LogP contribution is 2.25. The van der Waals surface area contributed by atoms with Gasteiger partial charge in [0.2, 0.25) is 0 Å². The molecule has 0 fully saturated rings. The Hall–Kier alpha value is -1.63. The summed E-state index contributed by atoms with van der Waals surface area (Å²) >= 11 is 11.2. The molecule has 0 saturated heterocycles. The highest BCUT2D eigenvalue weighted by Gasteiger charge is 2.20. The lowest BCUT2D eigenvalue weighted by Gasteiger charge is -2.19. The maximum absolute atomic E-state index is 12.6. The van der Waals surface area contributed by atoms with E-state index in [2.05, 4.69) is 32.4 Å². The Labute approximate surface area is 164 Å². The number of benzene rings is 1. The largest absolute Gasteiger partial charge is 0.349 e. The van der Waals surface area contributed by atoms with Crippen LogP contribution in [0.4, 0.5) is 0 Å². The summed E-state index contributed by atoms with van der Waals surface area (Å²) in [5.41, 5.74) is 2.47. The molecule has 130 valence electrons. The molecule has 4 nitrogen and oxygen atoms in total. The Balaban J connectivity index is 1.83. The zero-order chi connectivity index (χ0) is 18.0. The van der Waals surface area contributed by atoms with Gasteiger partial charge in [-0.1, -0.05) is 33.6 Å². The van der Waals surface area contributed by atoms with Gasteiger partial charge >= 0.3 is 0 Å². The smallest absolute Gasteiger partial charge is 0.252 e. The minimum atomic E-state index is -0.200. The molecular formula is C18H17BrClN3OS. The second kappa shape index (κ2) is 7.72. The molecule has 2 heterocycles. The number of carbonyl (C=O) groups excluding carboxylic acids is 1. The van der Waals surface area contributed by atoms with E-state index in [1.165, 1.54) is 0 Å². The minimum Gasteiger partial charge on any atom is -0.349 e. The van der Waals surface area contributed by atoms with Gasteiger partial charge in [-0.25, -0.2) is 0 Å². The lowest BCUT2D eigenvalue weighted by Crippen LogP contribution is -2.32. The molecule has 1 amide bonds. The van der Waals surface area contributed by atoms with Crippen LogP contribution in [0, 0.1) is 13.8 Å². The predicted molar refractivity (Wildman–Crippen MR) is 106 cm³/mol. The molecule has 0 aliphatic heterocycles. The molecule has 0 saturated carbocycles. The number of nitrogens with zero attached hydrogens (tertiary/aromatic N) is 2. The summed E-state index contributed by atoms with van der Waals surface area (Å²) < 4.78 is 2.78. The molecule has 1 atom stereocenters. The second-order valence-electron chi connectivity index (χ2n) is 5.74. The van der Waals surface area contributed by atoms with Crippen LogP contribution in [0.2, 0.25) is 5.02 Å². The quantitative estimate of drug-likeness (QED) is 0.609. The van der Waals surface area contributed by atoms with Gasteiger partial charge in [0.1, 0.15) is 6.04 Å². The first-order chi connectivity index (χ1) is 12.0. The Morgan fingerprint density at radius 1 is 1.36 bits per heavy atom. The molecule has 3 rings (SSSR count). The number of aromatic nitrogens is 2. The van der Waals surface area contributed by atoms with Crippen molar-refractivity contribution in [3.8, 4) is 0 Å². The monoisotopic (exact) mass is 437 g/mol. The molecule has 3 aromatic rings. The van der Waals surface area contributed by atoms with Gasteiger partial charge in [-0.15, -0.1) is 11.3 Å². The fourth-order valence-electron chi connectivity index (χ4n) is 2.71. The number of hydrogen-bond donors (Lipinski definition) is 1. The van der Waals surface area contributed by atoms with Gasteiger partial charge in [0.05, 0.1) is 16.3 Å². The van der Waals surface area contributed by atoms with Crippen LogP contribution >= 0.6 is 38.9 Å². The Bertz CT molecular complexity index is 892. The molecule has 1 N–H and O–H groups in total. The van der Waals surface area contributed by atoms with Crippen molar-refractivity contribution in [3.63, 3.8) is 0 Å². The Morgan fingerprint density at radius 2 is 2.16 bits per heavy atom. The summed E-state index contributed by atoms with van der Waals surface area (Å²) in [6, 6.07) is 11.3. The van der Waals surface area contributed by atoms with Gasteiger partial charge in [0.25, 0.3) is 5.91 Å². The topological polar surface area (TPSA) is 46.9 Å². The van der Waals surface area contributed by atoms with E-state index in [1.807, 2.05) is 42.1 Å². The molecule has 1 unspecified atom stereocenters. The molecule has 0 radical (unpaired) electrons. The summed E-state index contributed by atoms with van der Waals surface area (Å²) in [5, 5.41) is 10.0. The van der Waals surface area contributed by atoms with Gasteiger partial charge in [-0.3, -0.25) is 9.48 Å². The predicted octanol–water partition coefficient (Wildman–Crippen LogP) is 5.00. The van der Waals surface area contributed by atoms with Crippen molar-refractivity contribution in [2.45, 2.75) is 19.9 Å². The van der Waals surface area contributed by atoms with Crippen molar-refractivity contribution in [1.29, 1.82) is 0 Å². The van der Waals surface area contributed by atoms with Gasteiger partial charge < -0.3 is 5.32 Å². The van der Waals surface area contributed by atoms with Crippen molar-refractivity contribution in [3.05, 3.63) is 73.1 Å². The van der Waals surface area contributed by atoms with Gasteiger partial charge in [-0.05, 0) is 49.6 Å². The average Bonchev–Trinajstić information content (AvgIpc) is 3.20. The van der Waals surface area contributed by atoms with Crippen molar-refractivity contribution >= 4 is 44.8 Å². The molecule has 25 heavy (non-hydrogen) atoms. The number of rotatable bonds is 5. The zero-order valence-electron chi connectivity index (χ0n) is 13.8. The number of thiophene rings is 1. The van der Waals surface area contributed by atoms with Crippen LogP contribution in [-0.2, 0) is 0 Å². The molecule has 7 heteroatoms. The minimum absolute atomic E-state index is 0.0522. The van der Waals surface area contributed by atoms with Crippen LogP contribution in [-0.4, -0.2) is 22.2 Å². The summed E-state index contributed by atoms with van der Waals surface area (Å²) in [6.45, 7) is 4.42. The van der Waals surface area contributed by atoms with Gasteiger partial charge in [0, 0.05) is 21.6 Å². The van der Waals surface area contributed by atoms with E-state index in [0.29, 0.717) is 17.1 Å². The summed E-state index contributed by atoms with van der Waals surface area (Å²) in [7, 11) is 0. The second-order valence-corrected chi connectivity index (χ2v) is 8.04. The van der Waals surface area contributed by atoms with Crippen LogP contribution in [0.3, 0.4) is 0 Å². The van der Waals surface area contributed by atoms with Crippen LogP contribution in [0.15, 0.2) is 46.3 Å². The van der Waals surface area contributed by atoms with Crippen molar-refractivity contribution in [2.24, 2.45) is 0 Å². The van der Waals surface area contributed by atoms with Crippen molar-refractivity contribution in [1.82, 2.24) is 15.1 Å². The van der Waals surface area contributed by atoms with E-state index < -0.39 is 0 Å². The summed E-state index contributed by atoms with van der Waals surface area (Å²) in [4.78, 5) is 13.7. The molecular weight excluding hydrogens is 422 g/mol. The molecule has 0 aliphatic carbocycles. The molecule has 0 bridgehead atoms. The van der Waals surface area contributed by atoms with Gasteiger partial charge in [-0.2, -0.15) is 5.10 Å². The third-order valence-corrected chi connectivity index (χ3v) is 5.64. The molecule has 1 aromatic carbocycles. The first-order valence-corrected chi connectivity index (χ1v) is 9.80. The summed E-state index contributed by atoms with van der Waals surface area (Å²) in [5.74, 6) is -0.200. The van der Waals surface area contributed by atoms with E-state index in [0.717, 1.165) is 20.7 Å². The van der Waals surface area contributed by atoms with Crippen LogP contribution in [0.5, 0.6) is 0 Å². The standard InChI is InChI=1S/C18H17BrClN3OS/c1-11-8-12(2)23(22-11)16(17-4-3-7-25-17)10-21-18(24)14-9-13(19)5-6-15(14)20/h3-9,16H,10H2,1-2H3,(H,21,24). The van der Waals surface area contributed by atoms with E-state index in [-0.39, 0.29) is 11.9 Å². The zero-order valence-corrected chi connectivity index (χ0v) is 17.0. The summed E-state index contributed by atoms with van der Waals surface area (Å²) in [6.07, 6.45) is 0. The fourth-order valence-corrected chi connectivity index (χ4v) is 4.08. The number of halogens is 2. The molecule has 2 aromatic heterocycles. The SMILES string of the molecule is Cc1cc(C)n(C(CNC(=O)c2cc(Br)ccc2Cl)c2cccs2)n1. The van der Waals surface area contributed by atoms with E-state index in [4.69, 9.17) is 11.6 Å². The molecule has 0 aliphatic rings. The number of nitrogens with one attached hydrogen (secondary N) is 1. The maximum Gasteiger partial charge on any atom is 0.252 e. The average molecular weight is 439 g/mol. The normalized spacial score (nSPS) is 12.2. The Kier molecular flexibility index (Phi) is 5.61. The Morgan fingerprint density at radius 3 is 2.80 bits per heavy atom.